The van der Waals surface area contributed by atoms with E-state index in [4.69, 9.17) is 38.7 Å². The fourth-order valence-corrected chi connectivity index (χ4v) is 7.56. The van der Waals surface area contributed by atoms with Crippen LogP contribution >= 0.6 is 23.5 Å². The molecule has 0 radical (unpaired) electrons. The van der Waals surface area contributed by atoms with Crippen molar-refractivity contribution in [2.45, 2.75) is 68.5 Å². The summed E-state index contributed by atoms with van der Waals surface area (Å²) in [4.78, 5) is 24.0. The third-order valence-electron chi connectivity index (χ3n) is 8.09. The van der Waals surface area contributed by atoms with Crippen molar-refractivity contribution in [3.05, 3.63) is 40.7 Å². The van der Waals surface area contributed by atoms with E-state index in [1.807, 2.05) is 13.8 Å². The summed E-state index contributed by atoms with van der Waals surface area (Å²) in [6, 6.07) is 0. The van der Waals surface area contributed by atoms with Gasteiger partial charge >= 0.3 is 5.97 Å². The molecule has 1 aromatic carbocycles. The summed E-state index contributed by atoms with van der Waals surface area (Å²) in [7, 11) is 0. The summed E-state index contributed by atoms with van der Waals surface area (Å²) in [6.45, 7) is 8.76. The molecule has 0 bridgehead atoms. The van der Waals surface area contributed by atoms with Crippen LogP contribution in [0.2, 0.25) is 0 Å². The molecule has 4 atom stereocenters. The molecule has 0 amide bonds. The number of allylic oxidation sites excluding steroid dienone is 1. The number of hydrogen-bond acceptors (Lipinski definition) is 17. The smallest absolute Gasteiger partial charge is 0.313 e. The average molecular weight is 876 g/mol. The second-order valence-electron chi connectivity index (χ2n) is 12.9. The van der Waals surface area contributed by atoms with Crippen LogP contribution in [-0.4, -0.2) is 142 Å². The van der Waals surface area contributed by atoms with Gasteiger partial charge in [-0.2, -0.15) is 9.50 Å². The van der Waals surface area contributed by atoms with Gasteiger partial charge in [-0.05, 0) is 26.2 Å². The summed E-state index contributed by atoms with van der Waals surface area (Å²) >= 11 is 2.51. The average Bonchev–Trinajstić information content (AvgIpc) is 3.21. The van der Waals surface area contributed by atoms with Gasteiger partial charge in [0.1, 0.15) is 5.44 Å². The monoisotopic (exact) mass is 875 g/mol. The predicted molar refractivity (Wildman–Crippen MR) is 207 cm³/mol. The van der Waals surface area contributed by atoms with Crippen molar-refractivity contribution < 1.29 is 75.3 Å². The zero-order valence-electron chi connectivity index (χ0n) is 33.2. The number of aliphatic hydroxyl groups excluding tert-OH is 2. The molecule has 15 nitrogen and oxygen atoms in total. The van der Waals surface area contributed by atoms with Crippen molar-refractivity contribution >= 4 is 34.6 Å². The number of thioether (sulfide) groups is 2. The number of carbonyl (C=O) groups is 2. The van der Waals surface area contributed by atoms with E-state index < -0.39 is 51.9 Å². The normalized spacial score (nSPS) is 18.5. The van der Waals surface area contributed by atoms with Gasteiger partial charge in [0, 0.05) is 36.1 Å². The molecule has 1 aliphatic rings. The molecule has 0 aromatic heterocycles. The van der Waals surface area contributed by atoms with Gasteiger partial charge in [0.05, 0.1) is 109 Å². The molecule has 0 aliphatic carbocycles. The van der Waals surface area contributed by atoms with Crippen molar-refractivity contribution in [2.24, 2.45) is 11.0 Å². The highest BCUT2D eigenvalue weighted by Crippen LogP contribution is 2.39. The maximum absolute atomic E-state index is 13.9. The third kappa shape index (κ3) is 20.2. The lowest BCUT2D eigenvalue weighted by molar-refractivity contribution is -0.136. The van der Waals surface area contributed by atoms with E-state index in [9.17, 15) is 37.4 Å². The summed E-state index contributed by atoms with van der Waals surface area (Å²) < 4.78 is 97.4. The lowest BCUT2D eigenvalue weighted by Crippen LogP contribution is -2.44. The maximum Gasteiger partial charge on any atom is 0.313 e. The SMILES string of the molecule is Cc1c(F)c(F)c(F)c(OC(=O)CCOCCOCCOCCOCCOCCOCCN/C=C(/CCCO[C@H]2C[C@@H](SC(=O)C(C)C)[C@@H](O)[C@@H](CO)S2)N=N)c1F. The van der Waals surface area contributed by atoms with Crippen LogP contribution < -0.4 is 10.1 Å². The first kappa shape index (κ1) is 51.7. The highest BCUT2D eigenvalue weighted by Gasteiger charge is 2.39. The van der Waals surface area contributed by atoms with Gasteiger partial charge in [0.25, 0.3) is 0 Å². The van der Waals surface area contributed by atoms with Crippen molar-refractivity contribution in [2.75, 3.05) is 99.0 Å². The van der Waals surface area contributed by atoms with Crippen LogP contribution in [0.5, 0.6) is 5.75 Å². The number of esters is 1. The Bertz CT molecular complexity index is 1380. The van der Waals surface area contributed by atoms with E-state index >= 15 is 0 Å². The lowest BCUT2D eigenvalue weighted by atomic mass is 10.1. The second-order valence-corrected chi connectivity index (χ2v) is 15.6. The third-order valence-corrected chi connectivity index (χ3v) is 11.0. The van der Waals surface area contributed by atoms with E-state index in [0.29, 0.717) is 91.0 Å². The Morgan fingerprint density at radius 1 is 0.845 bits per heavy atom. The first-order chi connectivity index (χ1) is 27.9. The minimum atomic E-state index is -1.93. The molecule has 58 heavy (non-hydrogen) atoms. The van der Waals surface area contributed by atoms with Gasteiger partial charge < -0.3 is 53.4 Å². The van der Waals surface area contributed by atoms with E-state index in [1.54, 1.807) is 6.20 Å². The summed E-state index contributed by atoms with van der Waals surface area (Å²) in [5, 5.41) is 26.1. The number of benzene rings is 1. The Kier molecular flexibility index (Phi) is 27.2. The number of hydrogen-bond donors (Lipinski definition) is 4. The van der Waals surface area contributed by atoms with Crippen LogP contribution in [0, 0.1) is 41.6 Å². The topological polar surface area (TPSA) is 197 Å². The molecule has 0 unspecified atom stereocenters. The number of ether oxygens (including phenoxy) is 8. The van der Waals surface area contributed by atoms with Crippen molar-refractivity contribution in [3.63, 3.8) is 0 Å². The molecule has 21 heteroatoms. The standard InChI is InChI=1S/C37H57F4N3O12S2/c1-24(2)37(48)58-27-21-30(57-28(23-45)35(27)47)55-8-4-5-26(44-42)22-43-7-10-50-12-14-52-16-18-54-20-19-53-17-15-51-13-11-49-9-6-29(46)56-36-32(39)25(3)31(38)33(40)34(36)41/h22,24,27-28,30,35,42-43,45,47H,4-21,23H2,1-3H3/b26-22-,44-42?/t27-,28-,30-,35-/m1/s1. The number of nitrogens with zero attached hydrogens (tertiary/aromatic N) is 1. The van der Waals surface area contributed by atoms with Crippen LogP contribution in [0.1, 0.15) is 45.1 Å². The van der Waals surface area contributed by atoms with E-state index in [1.165, 1.54) is 11.8 Å². The number of carbonyl (C=O) groups excluding carboxylic acids is 2. The second kappa shape index (κ2) is 30.6. The Morgan fingerprint density at radius 3 is 1.93 bits per heavy atom. The predicted octanol–water partition coefficient (Wildman–Crippen LogP) is 4.67. The van der Waals surface area contributed by atoms with Gasteiger partial charge in [-0.3, -0.25) is 9.59 Å². The van der Waals surface area contributed by atoms with E-state index in [-0.39, 0.29) is 61.2 Å². The van der Waals surface area contributed by atoms with Crippen LogP contribution in [0.3, 0.4) is 0 Å². The molecule has 4 N–H and O–H groups in total. The first-order valence-electron chi connectivity index (χ1n) is 19.0. The van der Waals surface area contributed by atoms with Gasteiger partial charge in [0.2, 0.25) is 11.6 Å². The fraction of sp³-hybridized carbons (Fsp3) is 0.730. The molecule has 1 aromatic rings. The van der Waals surface area contributed by atoms with Gasteiger partial charge in [0.15, 0.2) is 22.6 Å². The summed E-state index contributed by atoms with van der Waals surface area (Å²) in [6.07, 6.45) is 2.15. The Morgan fingerprint density at radius 2 is 1.40 bits per heavy atom. The van der Waals surface area contributed by atoms with E-state index in [0.717, 1.165) is 18.7 Å². The fourth-order valence-electron chi connectivity index (χ4n) is 4.85. The molecule has 1 heterocycles. The van der Waals surface area contributed by atoms with Crippen LogP contribution in [-0.2, 0) is 42.7 Å². The Hall–Kier alpha value is -2.44. The summed E-state index contributed by atoms with van der Waals surface area (Å²) in [5.74, 6) is -9.56. The summed E-state index contributed by atoms with van der Waals surface area (Å²) in [5.41, 5.74) is 6.94. The largest absolute Gasteiger partial charge is 0.420 e. The molecular formula is C37H57F4N3O12S2. The number of aliphatic hydroxyl groups is 2. The molecule has 2 rings (SSSR count). The number of nitrogens with one attached hydrogen (secondary N) is 2. The highest BCUT2D eigenvalue weighted by atomic mass is 32.2. The van der Waals surface area contributed by atoms with E-state index in [2.05, 4.69) is 15.2 Å². The minimum absolute atomic E-state index is 0.00447. The van der Waals surface area contributed by atoms with Crippen LogP contribution in [0.15, 0.2) is 17.0 Å². The van der Waals surface area contributed by atoms with Crippen molar-refractivity contribution in [3.8, 4) is 5.75 Å². The van der Waals surface area contributed by atoms with Crippen molar-refractivity contribution in [1.82, 2.24) is 5.32 Å². The molecular weight excluding hydrogens is 819 g/mol. The Labute approximate surface area is 345 Å². The first-order valence-corrected chi connectivity index (χ1v) is 20.8. The molecule has 0 saturated carbocycles. The van der Waals surface area contributed by atoms with Gasteiger partial charge in [-0.25, -0.2) is 18.7 Å². The molecule has 1 aliphatic heterocycles. The van der Waals surface area contributed by atoms with Crippen molar-refractivity contribution in [1.29, 1.82) is 5.53 Å². The van der Waals surface area contributed by atoms with Gasteiger partial charge in [-0.1, -0.05) is 25.6 Å². The van der Waals surface area contributed by atoms with Gasteiger partial charge in [-0.15, -0.1) is 11.8 Å². The molecule has 0 spiro atoms. The number of rotatable bonds is 32. The lowest BCUT2D eigenvalue weighted by Gasteiger charge is -2.37. The zero-order valence-corrected chi connectivity index (χ0v) is 34.8. The number of halogens is 4. The molecule has 332 valence electrons. The quantitative estimate of drug-likeness (QED) is 0.0148. The minimum Gasteiger partial charge on any atom is -0.420 e. The highest BCUT2D eigenvalue weighted by molar-refractivity contribution is 8.14. The molecule has 1 saturated heterocycles. The van der Waals surface area contributed by atoms with Crippen LogP contribution in [0.4, 0.5) is 17.6 Å². The Balaban J connectivity index is 1.36. The zero-order chi connectivity index (χ0) is 42.7. The maximum atomic E-state index is 13.9. The van der Waals surface area contributed by atoms with Crippen LogP contribution in [0.25, 0.3) is 0 Å². The molecule has 1 fully saturated rings.